The van der Waals surface area contributed by atoms with Crippen molar-refractivity contribution in [3.63, 3.8) is 0 Å². The van der Waals surface area contributed by atoms with E-state index in [4.69, 9.17) is 23.7 Å². The van der Waals surface area contributed by atoms with Gasteiger partial charge in [0.25, 0.3) is 0 Å². The molecule has 138 valence electrons. The molecule has 0 rings (SSSR count). The summed E-state index contributed by atoms with van der Waals surface area (Å²) in [5.41, 5.74) is 0. The summed E-state index contributed by atoms with van der Waals surface area (Å²) in [6, 6.07) is 0. The topological polar surface area (TPSA) is 63.2 Å². The lowest BCUT2D eigenvalue weighted by Crippen LogP contribution is -2.14. The zero-order chi connectivity index (χ0) is 17.3. The fraction of sp³-hybridized carbons (Fsp3) is 0.941. The van der Waals surface area contributed by atoms with E-state index in [1.807, 2.05) is 13.8 Å². The van der Waals surface area contributed by atoms with E-state index in [-0.39, 0.29) is 12.1 Å². The van der Waals surface area contributed by atoms with Gasteiger partial charge in [0.05, 0.1) is 45.7 Å². The second kappa shape index (κ2) is 16.2. The van der Waals surface area contributed by atoms with Crippen molar-refractivity contribution in [1.82, 2.24) is 0 Å². The van der Waals surface area contributed by atoms with Crippen LogP contribution in [0.4, 0.5) is 0 Å². The van der Waals surface area contributed by atoms with E-state index in [0.717, 1.165) is 6.61 Å². The van der Waals surface area contributed by atoms with Crippen LogP contribution in [-0.2, 0) is 28.5 Å². The highest BCUT2D eigenvalue weighted by atomic mass is 16.6. The molecular formula is C17H34O6. The molecule has 0 fully saturated rings. The van der Waals surface area contributed by atoms with Crippen LogP contribution in [0, 0.1) is 5.92 Å². The van der Waals surface area contributed by atoms with E-state index in [2.05, 4.69) is 13.8 Å². The normalized spacial score (nSPS) is 11.4. The summed E-state index contributed by atoms with van der Waals surface area (Å²) in [5.74, 6) is 0.383. The van der Waals surface area contributed by atoms with Crippen molar-refractivity contribution < 1.29 is 28.5 Å². The van der Waals surface area contributed by atoms with Gasteiger partial charge in [-0.15, -0.1) is 0 Å². The number of esters is 1. The molecule has 0 aromatic carbocycles. The summed E-state index contributed by atoms with van der Waals surface area (Å²) in [6.07, 6.45) is 1.01. The molecule has 6 heteroatoms. The van der Waals surface area contributed by atoms with Crippen LogP contribution in [0.25, 0.3) is 0 Å². The minimum atomic E-state index is -0.172. The largest absolute Gasteiger partial charge is 0.463 e. The number of rotatable bonds is 16. The molecule has 0 N–H and O–H groups in total. The van der Waals surface area contributed by atoms with Gasteiger partial charge in [-0.3, -0.25) is 4.79 Å². The average Bonchev–Trinajstić information content (AvgIpc) is 2.46. The maximum Gasteiger partial charge on any atom is 0.306 e. The molecule has 0 aromatic rings. The highest BCUT2D eigenvalue weighted by Gasteiger charge is 2.04. The summed E-state index contributed by atoms with van der Waals surface area (Å²) < 4.78 is 26.6. The Hall–Kier alpha value is -0.690. The summed E-state index contributed by atoms with van der Waals surface area (Å²) in [5, 5.41) is 0. The van der Waals surface area contributed by atoms with Crippen molar-refractivity contribution in [2.75, 3.05) is 52.9 Å². The second-order valence-electron chi connectivity index (χ2n) is 5.95. The molecule has 0 unspecified atom stereocenters. The van der Waals surface area contributed by atoms with Gasteiger partial charge in [0, 0.05) is 19.6 Å². The van der Waals surface area contributed by atoms with Crippen molar-refractivity contribution in [1.29, 1.82) is 0 Å². The SMILES string of the molecule is CC(C)COCCOCCOCCOCCCC(=O)OC(C)C. The van der Waals surface area contributed by atoms with Gasteiger partial charge in [0.15, 0.2) is 0 Å². The Balaban J connectivity index is 3.09. The molecule has 0 aliphatic rings. The Morgan fingerprint density at radius 3 is 1.70 bits per heavy atom. The highest BCUT2D eigenvalue weighted by Crippen LogP contribution is 1.97. The van der Waals surface area contributed by atoms with Crippen LogP contribution in [0.3, 0.4) is 0 Å². The van der Waals surface area contributed by atoms with Gasteiger partial charge in [-0.05, 0) is 26.2 Å². The number of hydrogen-bond acceptors (Lipinski definition) is 6. The summed E-state index contributed by atoms with van der Waals surface area (Å²) in [7, 11) is 0. The highest BCUT2D eigenvalue weighted by molar-refractivity contribution is 5.69. The summed E-state index contributed by atoms with van der Waals surface area (Å²) in [6.45, 7) is 12.6. The minimum absolute atomic E-state index is 0.0548. The van der Waals surface area contributed by atoms with Gasteiger partial charge < -0.3 is 23.7 Å². The fourth-order valence-corrected chi connectivity index (χ4v) is 1.62. The van der Waals surface area contributed by atoms with Crippen LogP contribution < -0.4 is 0 Å². The van der Waals surface area contributed by atoms with Crippen LogP contribution in [0.15, 0.2) is 0 Å². The van der Waals surface area contributed by atoms with Gasteiger partial charge in [0.1, 0.15) is 0 Å². The second-order valence-corrected chi connectivity index (χ2v) is 5.95. The number of ether oxygens (including phenoxy) is 5. The lowest BCUT2D eigenvalue weighted by atomic mass is 10.2. The number of carbonyl (C=O) groups is 1. The van der Waals surface area contributed by atoms with Gasteiger partial charge in [-0.25, -0.2) is 0 Å². The van der Waals surface area contributed by atoms with Crippen LogP contribution in [0.1, 0.15) is 40.5 Å². The van der Waals surface area contributed by atoms with Crippen molar-refractivity contribution >= 4 is 5.97 Å². The first-order chi connectivity index (χ1) is 11.0. The smallest absolute Gasteiger partial charge is 0.306 e. The zero-order valence-electron chi connectivity index (χ0n) is 15.2. The standard InChI is InChI=1S/C17H34O6/c1-15(2)14-22-13-12-21-11-10-20-9-8-19-7-5-6-17(18)23-16(3)4/h15-16H,5-14H2,1-4H3. The molecule has 0 aliphatic heterocycles. The van der Waals surface area contributed by atoms with Crippen LogP contribution >= 0.6 is 0 Å². The van der Waals surface area contributed by atoms with Crippen LogP contribution in [0.5, 0.6) is 0 Å². The molecular weight excluding hydrogens is 300 g/mol. The molecule has 0 atom stereocenters. The van der Waals surface area contributed by atoms with Gasteiger partial charge in [-0.1, -0.05) is 13.8 Å². The Kier molecular flexibility index (Phi) is 15.7. The monoisotopic (exact) mass is 334 g/mol. The molecule has 0 aromatic heterocycles. The first-order valence-corrected chi connectivity index (χ1v) is 8.52. The van der Waals surface area contributed by atoms with Crippen molar-refractivity contribution in [2.24, 2.45) is 5.92 Å². The van der Waals surface area contributed by atoms with Gasteiger partial charge >= 0.3 is 5.97 Å². The van der Waals surface area contributed by atoms with E-state index >= 15 is 0 Å². The third-order valence-electron chi connectivity index (χ3n) is 2.60. The molecule has 0 amide bonds. The van der Waals surface area contributed by atoms with Crippen LogP contribution in [0.2, 0.25) is 0 Å². The summed E-state index contributed by atoms with van der Waals surface area (Å²) in [4.78, 5) is 11.3. The first-order valence-electron chi connectivity index (χ1n) is 8.52. The number of hydrogen-bond donors (Lipinski definition) is 0. The maximum atomic E-state index is 11.3. The summed E-state index contributed by atoms with van der Waals surface area (Å²) >= 11 is 0. The zero-order valence-corrected chi connectivity index (χ0v) is 15.2. The Morgan fingerprint density at radius 1 is 0.739 bits per heavy atom. The van der Waals surface area contributed by atoms with E-state index in [0.29, 0.717) is 65.0 Å². The van der Waals surface area contributed by atoms with E-state index in [1.165, 1.54) is 0 Å². The first kappa shape index (κ1) is 22.3. The quantitative estimate of drug-likeness (QED) is 0.319. The third kappa shape index (κ3) is 19.3. The molecule has 23 heavy (non-hydrogen) atoms. The predicted molar refractivity (Wildman–Crippen MR) is 88.6 cm³/mol. The molecule has 0 saturated heterocycles. The van der Waals surface area contributed by atoms with E-state index < -0.39 is 0 Å². The Labute approximate surface area is 140 Å². The molecule has 0 heterocycles. The van der Waals surface area contributed by atoms with Gasteiger partial charge in [-0.2, -0.15) is 0 Å². The molecule has 0 radical (unpaired) electrons. The Bertz CT molecular complexity index is 268. The molecule has 0 spiro atoms. The average molecular weight is 334 g/mol. The fourth-order valence-electron chi connectivity index (χ4n) is 1.62. The Morgan fingerprint density at radius 2 is 1.22 bits per heavy atom. The van der Waals surface area contributed by atoms with Gasteiger partial charge in [0.2, 0.25) is 0 Å². The molecule has 6 nitrogen and oxygen atoms in total. The third-order valence-corrected chi connectivity index (χ3v) is 2.60. The van der Waals surface area contributed by atoms with Crippen molar-refractivity contribution in [2.45, 2.75) is 46.6 Å². The van der Waals surface area contributed by atoms with E-state index in [1.54, 1.807) is 0 Å². The van der Waals surface area contributed by atoms with Crippen molar-refractivity contribution in [3.05, 3.63) is 0 Å². The lowest BCUT2D eigenvalue weighted by Gasteiger charge is -2.09. The lowest BCUT2D eigenvalue weighted by molar-refractivity contribution is -0.147. The molecule has 0 aliphatic carbocycles. The minimum Gasteiger partial charge on any atom is -0.463 e. The van der Waals surface area contributed by atoms with Crippen LogP contribution in [-0.4, -0.2) is 64.9 Å². The van der Waals surface area contributed by atoms with Crippen molar-refractivity contribution in [3.8, 4) is 0 Å². The predicted octanol–water partition coefficient (Wildman–Crippen LogP) is 2.44. The maximum absolute atomic E-state index is 11.3. The number of carbonyl (C=O) groups excluding carboxylic acids is 1. The molecule has 0 bridgehead atoms. The van der Waals surface area contributed by atoms with E-state index in [9.17, 15) is 4.79 Å². The molecule has 0 saturated carbocycles.